The van der Waals surface area contributed by atoms with Crippen LogP contribution in [0.4, 0.5) is 0 Å². The lowest BCUT2D eigenvalue weighted by Crippen LogP contribution is -2.08. The van der Waals surface area contributed by atoms with Gasteiger partial charge >= 0.3 is 0 Å². The molecule has 0 radical (unpaired) electrons. The maximum Gasteiger partial charge on any atom is 0.0183 e. The molecule has 0 aliphatic carbocycles. The molecule has 2 aromatic rings. The van der Waals surface area contributed by atoms with E-state index in [1.165, 1.54) is 27.8 Å². The van der Waals surface area contributed by atoms with E-state index in [0.717, 1.165) is 12.8 Å². The Morgan fingerprint density at radius 1 is 1.00 bits per heavy atom. The summed E-state index contributed by atoms with van der Waals surface area (Å²) in [7, 11) is 0. The summed E-state index contributed by atoms with van der Waals surface area (Å²) in [5, 5.41) is 0. The van der Waals surface area contributed by atoms with Crippen molar-refractivity contribution >= 4 is 0 Å². The summed E-state index contributed by atoms with van der Waals surface area (Å²) in [6.07, 6.45) is 2.10. The molecule has 0 aliphatic heterocycles. The van der Waals surface area contributed by atoms with Crippen LogP contribution < -0.4 is 5.73 Å². The van der Waals surface area contributed by atoms with Crippen LogP contribution in [0.5, 0.6) is 0 Å². The SMILES string of the molecule is Cc1cc(Cc2ccccc2)cc(CC(C)C)c1CN. The standard InChI is InChI=1S/C19H25N/c1-14(2)9-18-12-17(10-15(3)19(18)13-20)11-16-7-5-4-6-8-16/h4-8,10,12,14H,9,11,13,20H2,1-3H3. The van der Waals surface area contributed by atoms with Gasteiger partial charge in [-0.2, -0.15) is 0 Å². The zero-order valence-electron chi connectivity index (χ0n) is 12.8. The van der Waals surface area contributed by atoms with Gasteiger partial charge in [-0.1, -0.05) is 56.3 Å². The lowest BCUT2D eigenvalue weighted by atomic mass is 9.91. The maximum atomic E-state index is 5.93. The van der Waals surface area contributed by atoms with E-state index < -0.39 is 0 Å². The molecule has 1 heteroatoms. The van der Waals surface area contributed by atoms with Gasteiger partial charge in [0.2, 0.25) is 0 Å². The van der Waals surface area contributed by atoms with E-state index in [2.05, 4.69) is 63.2 Å². The van der Waals surface area contributed by atoms with Crippen molar-refractivity contribution in [3.8, 4) is 0 Å². The highest BCUT2D eigenvalue weighted by Crippen LogP contribution is 2.22. The first-order valence-corrected chi connectivity index (χ1v) is 7.45. The molecule has 0 saturated heterocycles. The Morgan fingerprint density at radius 2 is 1.70 bits per heavy atom. The molecule has 0 aliphatic rings. The second kappa shape index (κ2) is 6.71. The smallest absolute Gasteiger partial charge is 0.0183 e. The summed E-state index contributed by atoms with van der Waals surface area (Å²) in [5.41, 5.74) is 12.8. The molecule has 0 bridgehead atoms. The van der Waals surface area contributed by atoms with Gasteiger partial charge in [-0.05, 0) is 53.5 Å². The van der Waals surface area contributed by atoms with Crippen molar-refractivity contribution in [3.05, 3.63) is 70.3 Å². The van der Waals surface area contributed by atoms with E-state index in [9.17, 15) is 0 Å². The van der Waals surface area contributed by atoms with Gasteiger partial charge in [-0.25, -0.2) is 0 Å². The normalized spacial score (nSPS) is 11.1. The Hall–Kier alpha value is -1.60. The summed E-state index contributed by atoms with van der Waals surface area (Å²) in [6, 6.07) is 15.3. The molecule has 0 unspecified atom stereocenters. The van der Waals surface area contributed by atoms with Crippen molar-refractivity contribution in [1.29, 1.82) is 0 Å². The van der Waals surface area contributed by atoms with Crippen molar-refractivity contribution in [2.75, 3.05) is 0 Å². The molecule has 0 atom stereocenters. The summed E-state index contributed by atoms with van der Waals surface area (Å²) < 4.78 is 0. The van der Waals surface area contributed by atoms with Crippen molar-refractivity contribution in [1.82, 2.24) is 0 Å². The van der Waals surface area contributed by atoms with Crippen LogP contribution >= 0.6 is 0 Å². The Kier molecular flexibility index (Phi) is 4.97. The maximum absolute atomic E-state index is 5.93. The van der Waals surface area contributed by atoms with E-state index in [4.69, 9.17) is 5.73 Å². The quantitative estimate of drug-likeness (QED) is 0.861. The number of nitrogens with two attached hydrogens (primary N) is 1. The summed E-state index contributed by atoms with van der Waals surface area (Å²) in [6.45, 7) is 7.35. The van der Waals surface area contributed by atoms with Crippen molar-refractivity contribution in [2.45, 2.75) is 40.2 Å². The first kappa shape index (κ1) is 14.8. The first-order valence-electron chi connectivity index (χ1n) is 7.45. The molecular weight excluding hydrogens is 242 g/mol. The fourth-order valence-electron chi connectivity index (χ4n) is 2.82. The van der Waals surface area contributed by atoms with Crippen LogP contribution in [0.1, 0.15) is 41.7 Å². The predicted octanol–water partition coefficient (Wildman–Crippen LogP) is 4.24. The Labute approximate surface area is 122 Å². The minimum absolute atomic E-state index is 0.638. The average molecular weight is 267 g/mol. The van der Waals surface area contributed by atoms with E-state index in [1.807, 2.05) is 0 Å². The summed E-state index contributed by atoms with van der Waals surface area (Å²) >= 11 is 0. The topological polar surface area (TPSA) is 26.0 Å². The Bertz CT molecular complexity index is 555. The van der Waals surface area contributed by atoms with Crippen LogP contribution in [0, 0.1) is 12.8 Å². The van der Waals surface area contributed by atoms with Gasteiger partial charge in [0.15, 0.2) is 0 Å². The molecule has 0 aromatic heterocycles. The van der Waals surface area contributed by atoms with Gasteiger partial charge in [0.25, 0.3) is 0 Å². The zero-order valence-corrected chi connectivity index (χ0v) is 12.8. The minimum Gasteiger partial charge on any atom is -0.326 e. The molecule has 0 amide bonds. The van der Waals surface area contributed by atoms with E-state index in [1.54, 1.807) is 0 Å². The number of benzene rings is 2. The second-order valence-electron chi connectivity index (χ2n) is 6.01. The van der Waals surface area contributed by atoms with E-state index in [0.29, 0.717) is 12.5 Å². The molecule has 0 saturated carbocycles. The fourth-order valence-corrected chi connectivity index (χ4v) is 2.82. The van der Waals surface area contributed by atoms with Crippen molar-refractivity contribution in [3.63, 3.8) is 0 Å². The highest BCUT2D eigenvalue weighted by atomic mass is 14.5. The number of aryl methyl sites for hydroxylation is 1. The van der Waals surface area contributed by atoms with Gasteiger partial charge in [0.05, 0.1) is 0 Å². The highest BCUT2D eigenvalue weighted by molar-refractivity contribution is 5.40. The molecule has 0 fully saturated rings. The van der Waals surface area contributed by atoms with Crippen LogP contribution in [0.15, 0.2) is 42.5 Å². The van der Waals surface area contributed by atoms with Gasteiger partial charge in [0.1, 0.15) is 0 Å². The molecule has 1 nitrogen and oxygen atoms in total. The van der Waals surface area contributed by atoms with Crippen molar-refractivity contribution in [2.24, 2.45) is 11.7 Å². The van der Waals surface area contributed by atoms with E-state index in [-0.39, 0.29) is 0 Å². The number of hydrogen-bond donors (Lipinski definition) is 1. The lowest BCUT2D eigenvalue weighted by molar-refractivity contribution is 0.641. The summed E-state index contributed by atoms with van der Waals surface area (Å²) in [4.78, 5) is 0. The molecule has 106 valence electrons. The Morgan fingerprint density at radius 3 is 2.30 bits per heavy atom. The van der Waals surface area contributed by atoms with Crippen LogP contribution in [0.3, 0.4) is 0 Å². The second-order valence-corrected chi connectivity index (χ2v) is 6.01. The van der Waals surface area contributed by atoms with Crippen LogP contribution in [0.25, 0.3) is 0 Å². The zero-order chi connectivity index (χ0) is 14.5. The third-order valence-corrected chi connectivity index (χ3v) is 3.71. The Balaban J connectivity index is 2.32. The third-order valence-electron chi connectivity index (χ3n) is 3.71. The van der Waals surface area contributed by atoms with Crippen LogP contribution in [-0.4, -0.2) is 0 Å². The monoisotopic (exact) mass is 267 g/mol. The van der Waals surface area contributed by atoms with Crippen LogP contribution in [0.2, 0.25) is 0 Å². The summed E-state index contributed by atoms with van der Waals surface area (Å²) in [5.74, 6) is 0.659. The molecule has 0 heterocycles. The molecule has 2 aromatic carbocycles. The minimum atomic E-state index is 0.638. The molecule has 0 spiro atoms. The third kappa shape index (κ3) is 3.71. The first-order chi connectivity index (χ1) is 9.60. The van der Waals surface area contributed by atoms with Gasteiger partial charge in [-0.15, -0.1) is 0 Å². The number of rotatable bonds is 5. The lowest BCUT2D eigenvalue weighted by Gasteiger charge is -2.16. The molecule has 2 rings (SSSR count). The highest BCUT2D eigenvalue weighted by Gasteiger charge is 2.09. The van der Waals surface area contributed by atoms with Crippen LogP contribution in [-0.2, 0) is 19.4 Å². The van der Waals surface area contributed by atoms with Gasteiger partial charge in [-0.3, -0.25) is 0 Å². The van der Waals surface area contributed by atoms with Gasteiger partial charge in [0, 0.05) is 6.54 Å². The largest absolute Gasteiger partial charge is 0.326 e. The molecule has 20 heavy (non-hydrogen) atoms. The fraction of sp³-hybridized carbons (Fsp3) is 0.368. The number of hydrogen-bond acceptors (Lipinski definition) is 1. The predicted molar refractivity (Wildman–Crippen MR) is 86.9 cm³/mol. The molecule has 2 N–H and O–H groups in total. The van der Waals surface area contributed by atoms with Gasteiger partial charge < -0.3 is 5.73 Å². The average Bonchev–Trinajstić information content (AvgIpc) is 2.39. The van der Waals surface area contributed by atoms with Crippen molar-refractivity contribution < 1.29 is 0 Å². The van der Waals surface area contributed by atoms with E-state index >= 15 is 0 Å². The molecular formula is C19H25N.